The first-order valence-corrected chi connectivity index (χ1v) is 6.25. The van der Waals surface area contributed by atoms with Crippen LogP contribution in [-0.4, -0.2) is 22.0 Å². The van der Waals surface area contributed by atoms with Gasteiger partial charge in [0.25, 0.3) is 5.91 Å². The molecule has 2 N–H and O–H groups in total. The first-order valence-electron chi connectivity index (χ1n) is 6.25. The van der Waals surface area contributed by atoms with Crippen molar-refractivity contribution in [3.05, 3.63) is 41.5 Å². The summed E-state index contributed by atoms with van der Waals surface area (Å²) < 4.78 is 1.73. The second-order valence-corrected chi connectivity index (χ2v) is 4.93. The molecule has 0 fully saturated rings. The molecule has 0 saturated heterocycles. The lowest BCUT2D eigenvalue weighted by Crippen LogP contribution is -2.30. The number of benzene rings is 1. The molecular formula is C14H16N4O. The quantitative estimate of drug-likeness (QED) is 0.787. The maximum Gasteiger partial charge on any atom is 0.276 e. The summed E-state index contributed by atoms with van der Waals surface area (Å²) in [6.45, 7) is 2.68. The van der Waals surface area contributed by atoms with Gasteiger partial charge in [-0.3, -0.25) is 4.79 Å². The minimum atomic E-state index is -0.0259. The summed E-state index contributed by atoms with van der Waals surface area (Å²) >= 11 is 0. The fourth-order valence-electron chi connectivity index (χ4n) is 2.49. The maximum atomic E-state index is 12.5. The van der Waals surface area contributed by atoms with Gasteiger partial charge in [-0.05, 0) is 30.5 Å². The predicted molar refractivity (Wildman–Crippen MR) is 74.2 cm³/mol. The lowest BCUT2D eigenvalue weighted by molar-refractivity contribution is 0.0981. The molecule has 0 bridgehead atoms. The highest BCUT2D eigenvalue weighted by molar-refractivity contribution is 6.06. The van der Waals surface area contributed by atoms with Gasteiger partial charge in [-0.2, -0.15) is 0 Å². The molecule has 1 aliphatic rings. The van der Waals surface area contributed by atoms with Crippen molar-refractivity contribution in [1.29, 1.82) is 0 Å². The Morgan fingerprint density at radius 3 is 2.89 bits per heavy atom. The van der Waals surface area contributed by atoms with E-state index in [1.165, 1.54) is 5.56 Å². The number of carbonyl (C=O) groups excluding carboxylic acids is 1. The molecule has 5 nitrogen and oxygen atoms in total. The number of hydrogen-bond acceptors (Lipinski definition) is 3. The molecule has 1 aliphatic heterocycles. The van der Waals surface area contributed by atoms with Crippen molar-refractivity contribution in [3.63, 3.8) is 0 Å². The first kappa shape index (κ1) is 11.8. The monoisotopic (exact) mass is 256 g/mol. The Bertz CT molecular complexity index is 659. The summed E-state index contributed by atoms with van der Waals surface area (Å²) in [6, 6.07) is 3.97. The second-order valence-electron chi connectivity index (χ2n) is 4.93. The van der Waals surface area contributed by atoms with E-state index < -0.39 is 0 Å². The SMILES string of the molecule is Cc1cc2c(cc1N)N(C(=O)c1cncn1C)CC2. The van der Waals surface area contributed by atoms with E-state index in [1.807, 2.05) is 20.0 Å². The molecule has 0 unspecified atom stereocenters. The lowest BCUT2D eigenvalue weighted by Gasteiger charge is -2.18. The van der Waals surface area contributed by atoms with Gasteiger partial charge < -0.3 is 15.2 Å². The zero-order chi connectivity index (χ0) is 13.6. The third-order valence-electron chi connectivity index (χ3n) is 3.64. The molecule has 5 heteroatoms. The van der Waals surface area contributed by atoms with E-state index in [-0.39, 0.29) is 5.91 Å². The highest BCUT2D eigenvalue weighted by atomic mass is 16.2. The topological polar surface area (TPSA) is 64.2 Å². The Balaban J connectivity index is 2.01. The summed E-state index contributed by atoms with van der Waals surface area (Å²) in [7, 11) is 1.82. The standard InChI is InChI=1S/C14H16N4O/c1-9-5-10-3-4-18(12(10)6-11(9)15)14(19)13-7-16-8-17(13)2/h5-8H,3-4,15H2,1-2H3. The van der Waals surface area contributed by atoms with Gasteiger partial charge in [-0.15, -0.1) is 0 Å². The molecule has 1 amide bonds. The molecule has 0 atom stereocenters. The molecule has 0 spiro atoms. The van der Waals surface area contributed by atoms with Crippen molar-refractivity contribution in [2.45, 2.75) is 13.3 Å². The van der Waals surface area contributed by atoms with Gasteiger partial charge >= 0.3 is 0 Å². The Hall–Kier alpha value is -2.30. The van der Waals surface area contributed by atoms with E-state index in [2.05, 4.69) is 11.1 Å². The number of nitrogen functional groups attached to an aromatic ring is 1. The van der Waals surface area contributed by atoms with Crippen LogP contribution in [0.4, 0.5) is 11.4 Å². The molecule has 19 heavy (non-hydrogen) atoms. The number of aromatic nitrogens is 2. The minimum Gasteiger partial charge on any atom is -0.398 e. The smallest absolute Gasteiger partial charge is 0.276 e. The van der Waals surface area contributed by atoms with Crippen LogP contribution in [0.5, 0.6) is 0 Å². The van der Waals surface area contributed by atoms with Crippen LogP contribution in [0.15, 0.2) is 24.7 Å². The van der Waals surface area contributed by atoms with Crippen molar-refractivity contribution in [1.82, 2.24) is 9.55 Å². The van der Waals surface area contributed by atoms with Gasteiger partial charge in [-0.25, -0.2) is 4.98 Å². The van der Waals surface area contributed by atoms with Gasteiger partial charge in [0.05, 0.1) is 12.5 Å². The van der Waals surface area contributed by atoms with Gasteiger partial charge in [0.2, 0.25) is 0 Å². The molecule has 2 heterocycles. The molecule has 2 aromatic rings. The molecular weight excluding hydrogens is 240 g/mol. The zero-order valence-corrected chi connectivity index (χ0v) is 11.1. The number of anilines is 2. The number of fused-ring (bicyclic) bond motifs is 1. The molecule has 0 aliphatic carbocycles. The summed E-state index contributed by atoms with van der Waals surface area (Å²) in [5, 5.41) is 0. The van der Waals surface area contributed by atoms with E-state index in [0.717, 1.165) is 23.4 Å². The van der Waals surface area contributed by atoms with Gasteiger partial charge in [0.1, 0.15) is 5.69 Å². The molecule has 1 aromatic carbocycles. The number of aryl methyl sites for hydroxylation is 2. The zero-order valence-electron chi connectivity index (χ0n) is 11.1. The predicted octanol–water partition coefficient (Wildman–Crippen LogP) is 1.51. The Morgan fingerprint density at radius 2 is 2.21 bits per heavy atom. The van der Waals surface area contributed by atoms with Crippen molar-refractivity contribution in [3.8, 4) is 0 Å². The van der Waals surface area contributed by atoms with E-state index in [4.69, 9.17) is 5.73 Å². The molecule has 0 saturated carbocycles. The average molecular weight is 256 g/mol. The largest absolute Gasteiger partial charge is 0.398 e. The fourth-order valence-corrected chi connectivity index (χ4v) is 2.49. The summed E-state index contributed by atoms with van der Waals surface area (Å²) in [5.41, 5.74) is 10.4. The minimum absolute atomic E-state index is 0.0259. The summed E-state index contributed by atoms with van der Waals surface area (Å²) in [4.78, 5) is 18.3. The first-order chi connectivity index (χ1) is 9.08. The van der Waals surface area contributed by atoms with Crippen molar-refractivity contribution in [2.75, 3.05) is 17.2 Å². The third kappa shape index (κ3) is 1.78. The normalized spacial score (nSPS) is 13.7. The molecule has 1 aromatic heterocycles. The van der Waals surface area contributed by atoms with Gasteiger partial charge in [0.15, 0.2) is 0 Å². The van der Waals surface area contributed by atoms with Crippen molar-refractivity contribution >= 4 is 17.3 Å². The van der Waals surface area contributed by atoms with Crippen molar-refractivity contribution < 1.29 is 4.79 Å². The number of carbonyl (C=O) groups is 1. The summed E-state index contributed by atoms with van der Waals surface area (Å²) in [5.74, 6) is -0.0259. The van der Waals surface area contributed by atoms with E-state index >= 15 is 0 Å². The molecule has 3 rings (SSSR count). The van der Waals surface area contributed by atoms with Crippen LogP contribution in [0.1, 0.15) is 21.6 Å². The average Bonchev–Trinajstić information content (AvgIpc) is 2.96. The van der Waals surface area contributed by atoms with Crippen molar-refractivity contribution in [2.24, 2.45) is 7.05 Å². The Morgan fingerprint density at radius 1 is 1.42 bits per heavy atom. The van der Waals surface area contributed by atoms with Crippen LogP contribution in [0.3, 0.4) is 0 Å². The number of amides is 1. The number of rotatable bonds is 1. The van der Waals surface area contributed by atoms with Crippen LogP contribution in [0.2, 0.25) is 0 Å². The van der Waals surface area contributed by atoms with E-state index in [0.29, 0.717) is 12.2 Å². The van der Waals surface area contributed by atoms with Crippen LogP contribution in [0, 0.1) is 6.92 Å². The number of nitrogens with two attached hydrogens (primary N) is 1. The molecule has 98 valence electrons. The van der Waals surface area contributed by atoms with Crippen LogP contribution < -0.4 is 10.6 Å². The van der Waals surface area contributed by atoms with Crippen LogP contribution >= 0.6 is 0 Å². The maximum absolute atomic E-state index is 12.5. The highest BCUT2D eigenvalue weighted by Gasteiger charge is 2.27. The number of imidazole rings is 1. The Labute approximate surface area is 111 Å². The van der Waals surface area contributed by atoms with E-state index in [1.54, 1.807) is 22.0 Å². The third-order valence-corrected chi connectivity index (χ3v) is 3.64. The second kappa shape index (κ2) is 4.12. The highest BCUT2D eigenvalue weighted by Crippen LogP contribution is 2.32. The Kier molecular flexibility index (Phi) is 2.55. The van der Waals surface area contributed by atoms with Crippen LogP contribution in [-0.2, 0) is 13.5 Å². The number of nitrogens with zero attached hydrogens (tertiary/aromatic N) is 3. The summed E-state index contributed by atoms with van der Waals surface area (Å²) in [6.07, 6.45) is 4.10. The fraction of sp³-hybridized carbons (Fsp3) is 0.286. The van der Waals surface area contributed by atoms with Crippen LogP contribution in [0.25, 0.3) is 0 Å². The van der Waals surface area contributed by atoms with Gasteiger partial charge in [0, 0.05) is 25.0 Å². The molecule has 0 radical (unpaired) electrons. The number of hydrogen-bond donors (Lipinski definition) is 1. The van der Waals surface area contributed by atoms with E-state index in [9.17, 15) is 4.79 Å². The lowest BCUT2D eigenvalue weighted by atomic mass is 10.1. The van der Waals surface area contributed by atoms with Gasteiger partial charge in [-0.1, -0.05) is 6.07 Å².